The van der Waals surface area contributed by atoms with E-state index in [4.69, 9.17) is 0 Å². The number of fused-ring (bicyclic) bond motifs is 7. The lowest BCUT2D eigenvalue weighted by Gasteiger charge is -2.14. The Morgan fingerprint density at radius 2 is 0.885 bits per heavy atom. The monoisotopic (exact) mass is 328 g/mol. The molecule has 5 aromatic carbocycles. The van der Waals surface area contributed by atoms with E-state index >= 15 is 0 Å². The Morgan fingerprint density at radius 1 is 0.462 bits per heavy atom. The van der Waals surface area contributed by atoms with Crippen molar-refractivity contribution in [3.63, 3.8) is 0 Å². The van der Waals surface area contributed by atoms with Crippen LogP contribution in [0.1, 0.15) is 11.1 Å². The maximum absolute atomic E-state index is 9.79. The SMILES string of the molecule is N#Cc1c(C#N)c2ccc3ccccc3c2c2c1ccc1ccccc12. The van der Waals surface area contributed by atoms with Gasteiger partial charge in [0.2, 0.25) is 0 Å². The summed E-state index contributed by atoms with van der Waals surface area (Å²) in [7, 11) is 0. The van der Waals surface area contributed by atoms with Gasteiger partial charge in [0.15, 0.2) is 0 Å². The third-order valence-electron chi connectivity index (χ3n) is 5.12. The summed E-state index contributed by atoms with van der Waals surface area (Å²) in [5.41, 5.74) is 0.909. The van der Waals surface area contributed by atoms with Crippen LogP contribution in [0.5, 0.6) is 0 Å². The molecule has 2 nitrogen and oxygen atoms in total. The number of nitrogens with zero attached hydrogens (tertiary/aromatic N) is 2. The molecule has 0 aliphatic rings. The van der Waals surface area contributed by atoms with Crippen molar-refractivity contribution in [2.75, 3.05) is 0 Å². The molecule has 0 unspecified atom stereocenters. The van der Waals surface area contributed by atoms with Crippen LogP contribution in [0.3, 0.4) is 0 Å². The van der Waals surface area contributed by atoms with Gasteiger partial charge in [-0.3, -0.25) is 0 Å². The summed E-state index contributed by atoms with van der Waals surface area (Å²) in [4.78, 5) is 0. The topological polar surface area (TPSA) is 47.6 Å². The Labute approximate surface area is 150 Å². The van der Waals surface area contributed by atoms with Gasteiger partial charge in [-0.2, -0.15) is 10.5 Å². The standard InChI is InChI=1S/C24H12N2/c25-13-21-19-11-9-15-5-1-3-7-17(15)23(19)24-18-8-4-2-6-16(18)10-12-20(24)22(21)14-26/h1-12H. The van der Waals surface area contributed by atoms with Crippen LogP contribution in [-0.2, 0) is 0 Å². The number of benzene rings is 5. The molecule has 0 aliphatic heterocycles. The quantitative estimate of drug-likeness (QED) is 0.325. The van der Waals surface area contributed by atoms with E-state index in [9.17, 15) is 10.5 Å². The number of rotatable bonds is 0. The molecule has 0 heterocycles. The van der Waals surface area contributed by atoms with Crippen LogP contribution in [0.4, 0.5) is 0 Å². The second kappa shape index (κ2) is 5.31. The molecule has 5 rings (SSSR count). The van der Waals surface area contributed by atoms with E-state index in [1.165, 1.54) is 0 Å². The Morgan fingerprint density at radius 3 is 1.31 bits per heavy atom. The highest BCUT2D eigenvalue weighted by Gasteiger charge is 2.17. The van der Waals surface area contributed by atoms with E-state index in [-0.39, 0.29) is 0 Å². The van der Waals surface area contributed by atoms with Crippen molar-refractivity contribution in [2.45, 2.75) is 0 Å². The minimum Gasteiger partial charge on any atom is -0.192 e. The third kappa shape index (κ3) is 1.79. The molecule has 0 amide bonds. The Kier molecular flexibility index (Phi) is 2.95. The molecule has 0 fully saturated rings. The third-order valence-corrected chi connectivity index (χ3v) is 5.12. The van der Waals surface area contributed by atoms with Crippen molar-refractivity contribution in [2.24, 2.45) is 0 Å². The fourth-order valence-corrected chi connectivity index (χ4v) is 4.00. The molecule has 0 N–H and O–H groups in total. The first-order chi connectivity index (χ1) is 12.8. The number of hydrogen-bond donors (Lipinski definition) is 0. The molecule has 118 valence electrons. The van der Waals surface area contributed by atoms with Gasteiger partial charge >= 0.3 is 0 Å². The summed E-state index contributed by atoms with van der Waals surface area (Å²) in [6.07, 6.45) is 0. The van der Waals surface area contributed by atoms with Crippen molar-refractivity contribution in [3.8, 4) is 12.1 Å². The molecule has 0 aromatic heterocycles. The molecule has 0 atom stereocenters. The largest absolute Gasteiger partial charge is 0.192 e. The minimum atomic E-state index is 0.455. The van der Waals surface area contributed by atoms with Gasteiger partial charge < -0.3 is 0 Å². The van der Waals surface area contributed by atoms with Crippen LogP contribution < -0.4 is 0 Å². The molecular weight excluding hydrogens is 316 g/mol. The summed E-state index contributed by atoms with van der Waals surface area (Å²) in [5.74, 6) is 0. The van der Waals surface area contributed by atoms with Crippen molar-refractivity contribution in [1.29, 1.82) is 10.5 Å². The smallest absolute Gasteiger partial charge is 0.101 e. The van der Waals surface area contributed by atoms with Crippen molar-refractivity contribution in [3.05, 3.63) is 83.9 Å². The van der Waals surface area contributed by atoms with Crippen LogP contribution in [-0.4, -0.2) is 0 Å². The molecule has 2 heteroatoms. The second-order valence-corrected chi connectivity index (χ2v) is 6.39. The van der Waals surface area contributed by atoms with Gasteiger partial charge in [-0.15, -0.1) is 0 Å². The lowest BCUT2D eigenvalue weighted by atomic mass is 9.87. The van der Waals surface area contributed by atoms with Gasteiger partial charge in [0.25, 0.3) is 0 Å². The molecular formula is C24H12N2. The van der Waals surface area contributed by atoms with Crippen molar-refractivity contribution >= 4 is 43.1 Å². The first-order valence-corrected chi connectivity index (χ1v) is 8.42. The van der Waals surface area contributed by atoms with E-state index in [0.717, 1.165) is 43.1 Å². The minimum absolute atomic E-state index is 0.455. The van der Waals surface area contributed by atoms with Crippen LogP contribution in [0.25, 0.3) is 43.1 Å². The van der Waals surface area contributed by atoms with E-state index < -0.39 is 0 Å². The average molecular weight is 328 g/mol. The zero-order chi connectivity index (χ0) is 17.7. The first-order valence-electron chi connectivity index (χ1n) is 8.42. The highest BCUT2D eigenvalue weighted by atomic mass is 14.3. The number of nitriles is 2. The van der Waals surface area contributed by atoms with Crippen LogP contribution in [0, 0.1) is 22.7 Å². The summed E-state index contributed by atoms with van der Waals surface area (Å²) in [6, 6.07) is 28.9. The van der Waals surface area contributed by atoms with Crippen molar-refractivity contribution in [1.82, 2.24) is 0 Å². The molecule has 0 saturated heterocycles. The van der Waals surface area contributed by atoms with Crippen molar-refractivity contribution < 1.29 is 0 Å². The highest BCUT2D eigenvalue weighted by molar-refractivity contribution is 6.29. The van der Waals surface area contributed by atoms with Gasteiger partial charge in [-0.05, 0) is 32.3 Å². The first kappa shape index (κ1) is 14.5. The summed E-state index contributed by atoms with van der Waals surface area (Å²) in [5, 5.41) is 27.8. The Balaban J connectivity index is 2.26. The molecule has 0 bridgehead atoms. The second-order valence-electron chi connectivity index (χ2n) is 6.39. The Hall–Kier alpha value is -3.88. The van der Waals surface area contributed by atoms with Gasteiger partial charge in [-0.1, -0.05) is 72.8 Å². The molecule has 0 radical (unpaired) electrons. The van der Waals surface area contributed by atoms with E-state index in [0.29, 0.717) is 11.1 Å². The summed E-state index contributed by atoms with van der Waals surface area (Å²) < 4.78 is 0. The summed E-state index contributed by atoms with van der Waals surface area (Å²) in [6.45, 7) is 0. The normalized spacial score (nSPS) is 11.0. The van der Waals surface area contributed by atoms with Gasteiger partial charge in [0.1, 0.15) is 12.1 Å². The van der Waals surface area contributed by atoms with Crippen LogP contribution in [0.15, 0.2) is 72.8 Å². The predicted octanol–water partition coefficient (Wildman–Crippen LogP) is 6.04. The zero-order valence-corrected chi connectivity index (χ0v) is 13.8. The molecule has 0 aliphatic carbocycles. The lowest BCUT2D eigenvalue weighted by molar-refractivity contribution is 1.47. The molecule has 26 heavy (non-hydrogen) atoms. The average Bonchev–Trinajstić information content (AvgIpc) is 2.71. The van der Waals surface area contributed by atoms with E-state index in [2.05, 4.69) is 36.4 Å². The maximum atomic E-state index is 9.79. The molecule has 5 aromatic rings. The fourth-order valence-electron chi connectivity index (χ4n) is 4.00. The highest BCUT2D eigenvalue weighted by Crippen LogP contribution is 2.40. The van der Waals surface area contributed by atoms with Gasteiger partial charge in [-0.25, -0.2) is 0 Å². The zero-order valence-electron chi connectivity index (χ0n) is 13.8. The predicted molar refractivity (Wildman–Crippen MR) is 106 cm³/mol. The van der Waals surface area contributed by atoms with Crippen LogP contribution >= 0.6 is 0 Å². The summed E-state index contributed by atoms with van der Waals surface area (Å²) >= 11 is 0. The number of hydrogen-bond acceptors (Lipinski definition) is 2. The molecule has 0 saturated carbocycles. The lowest BCUT2D eigenvalue weighted by Crippen LogP contribution is -1.92. The van der Waals surface area contributed by atoms with Crippen LogP contribution in [0.2, 0.25) is 0 Å². The maximum Gasteiger partial charge on any atom is 0.101 e. The van der Waals surface area contributed by atoms with Gasteiger partial charge in [0.05, 0.1) is 11.1 Å². The fraction of sp³-hybridized carbons (Fsp3) is 0. The van der Waals surface area contributed by atoms with E-state index in [1.54, 1.807) is 0 Å². The van der Waals surface area contributed by atoms with Gasteiger partial charge in [0, 0.05) is 10.8 Å². The Bertz CT molecular complexity index is 1330. The van der Waals surface area contributed by atoms with E-state index in [1.807, 2.05) is 48.5 Å². The molecule has 0 spiro atoms.